The first-order valence-electron chi connectivity index (χ1n) is 7.04. The second-order valence-electron chi connectivity index (χ2n) is 6.00. The van der Waals surface area contributed by atoms with Gasteiger partial charge in [-0.05, 0) is 42.0 Å². The number of unbranched alkanes of at least 4 members (excludes halogenated alkanes) is 1. The third-order valence-electron chi connectivity index (χ3n) is 3.73. The van der Waals surface area contributed by atoms with Gasteiger partial charge in [0.05, 0.1) is 0 Å². The summed E-state index contributed by atoms with van der Waals surface area (Å²) in [6.07, 6.45) is 12.9. The van der Waals surface area contributed by atoms with Crippen LogP contribution >= 0.6 is 0 Å². The van der Waals surface area contributed by atoms with Crippen LogP contribution in [0.1, 0.15) is 55.9 Å². The van der Waals surface area contributed by atoms with E-state index < -0.39 is 0 Å². The molecule has 0 nitrogen and oxygen atoms in total. The molecule has 0 saturated carbocycles. The van der Waals surface area contributed by atoms with Gasteiger partial charge in [-0.3, -0.25) is 0 Å². The van der Waals surface area contributed by atoms with Crippen LogP contribution in [-0.2, 0) is 6.42 Å². The van der Waals surface area contributed by atoms with Crippen LogP contribution < -0.4 is 0 Å². The van der Waals surface area contributed by atoms with E-state index in [1.54, 1.807) is 0 Å². The molecular formula is C18H24. The molecule has 18 heavy (non-hydrogen) atoms. The zero-order chi connectivity index (χ0) is 13.2. The molecule has 0 heterocycles. The molecule has 0 spiro atoms. The highest BCUT2D eigenvalue weighted by atomic mass is 14.2. The van der Waals surface area contributed by atoms with Crippen molar-refractivity contribution in [2.75, 3.05) is 0 Å². The molecule has 1 aliphatic rings. The highest BCUT2D eigenvalue weighted by Gasteiger charge is 2.13. The minimum Gasteiger partial charge on any atom is -0.0745 e. The maximum atomic E-state index is 2.38. The zero-order valence-corrected chi connectivity index (χ0v) is 12.1. The van der Waals surface area contributed by atoms with Gasteiger partial charge in [-0.1, -0.05) is 63.6 Å². The molecule has 0 bridgehead atoms. The van der Waals surface area contributed by atoms with Crippen LogP contribution in [0.3, 0.4) is 0 Å². The SMILES string of the molecule is CCCCc1cc2c(cc1C)C=CC(C)(C)C=C2. The maximum absolute atomic E-state index is 2.38. The molecule has 0 saturated heterocycles. The van der Waals surface area contributed by atoms with Gasteiger partial charge in [0.15, 0.2) is 0 Å². The summed E-state index contributed by atoms with van der Waals surface area (Å²) in [6, 6.07) is 4.71. The van der Waals surface area contributed by atoms with Crippen molar-refractivity contribution in [2.24, 2.45) is 5.41 Å². The first-order valence-corrected chi connectivity index (χ1v) is 7.04. The Morgan fingerprint density at radius 2 is 1.61 bits per heavy atom. The summed E-state index contributed by atoms with van der Waals surface area (Å²) < 4.78 is 0. The van der Waals surface area contributed by atoms with Crippen molar-refractivity contribution in [3.8, 4) is 0 Å². The number of aryl methyl sites for hydroxylation is 2. The van der Waals surface area contributed by atoms with Crippen molar-refractivity contribution in [3.63, 3.8) is 0 Å². The third-order valence-corrected chi connectivity index (χ3v) is 3.73. The summed E-state index contributed by atoms with van der Waals surface area (Å²) in [5.74, 6) is 0. The molecule has 1 aromatic carbocycles. The highest BCUT2D eigenvalue weighted by Crippen LogP contribution is 2.29. The van der Waals surface area contributed by atoms with E-state index in [9.17, 15) is 0 Å². The zero-order valence-electron chi connectivity index (χ0n) is 12.1. The molecule has 0 fully saturated rings. The van der Waals surface area contributed by atoms with E-state index >= 15 is 0 Å². The first-order chi connectivity index (χ1) is 8.52. The van der Waals surface area contributed by atoms with Crippen LogP contribution in [-0.4, -0.2) is 0 Å². The van der Waals surface area contributed by atoms with E-state index in [0.717, 1.165) is 0 Å². The van der Waals surface area contributed by atoms with Crippen molar-refractivity contribution in [1.82, 2.24) is 0 Å². The number of allylic oxidation sites excluding steroid dienone is 2. The molecular weight excluding hydrogens is 216 g/mol. The lowest BCUT2D eigenvalue weighted by atomic mass is 9.93. The quantitative estimate of drug-likeness (QED) is 0.663. The number of hydrogen-bond acceptors (Lipinski definition) is 0. The van der Waals surface area contributed by atoms with Crippen molar-refractivity contribution in [2.45, 2.75) is 47.0 Å². The second kappa shape index (κ2) is 5.14. The van der Waals surface area contributed by atoms with Crippen LogP contribution in [0, 0.1) is 12.3 Å². The van der Waals surface area contributed by atoms with Crippen molar-refractivity contribution < 1.29 is 0 Å². The Morgan fingerprint density at radius 3 is 2.22 bits per heavy atom. The Balaban J connectivity index is 2.39. The third kappa shape index (κ3) is 2.93. The van der Waals surface area contributed by atoms with E-state index in [1.807, 2.05) is 0 Å². The summed E-state index contributed by atoms with van der Waals surface area (Å²) in [4.78, 5) is 0. The molecule has 0 N–H and O–H groups in total. The van der Waals surface area contributed by atoms with Gasteiger partial charge in [0.25, 0.3) is 0 Å². The maximum Gasteiger partial charge on any atom is 0.00111 e. The average Bonchev–Trinajstić information content (AvgIpc) is 2.46. The van der Waals surface area contributed by atoms with Gasteiger partial charge < -0.3 is 0 Å². The number of rotatable bonds is 3. The molecule has 1 aliphatic carbocycles. The van der Waals surface area contributed by atoms with Gasteiger partial charge in [-0.2, -0.15) is 0 Å². The fourth-order valence-corrected chi connectivity index (χ4v) is 2.38. The smallest absolute Gasteiger partial charge is 0.00111 e. The van der Waals surface area contributed by atoms with Gasteiger partial charge in [0.1, 0.15) is 0 Å². The second-order valence-corrected chi connectivity index (χ2v) is 6.00. The van der Waals surface area contributed by atoms with E-state index in [0.29, 0.717) is 0 Å². The van der Waals surface area contributed by atoms with Gasteiger partial charge in [0, 0.05) is 5.41 Å². The van der Waals surface area contributed by atoms with Crippen LogP contribution in [0.4, 0.5) is 0 Å². The molecule has 0 atom stereocenters. The molecule has 0 aliphatic heterocycles. The molecule has 1 aromatic rings. The van der Waals surface area contributed by atoms with Crippen LogP contribution in [0.25, 0.3) is 12.2 Å². The molecule has 2 rings (SSSR count). The number of fused-ring (bicyclic) bond motifs is 1. The Kier molecular flexibility index (Phi) is 3.75. The molecule has 0 heteroatoms. The average molecular weight is 240 g/mol. The fourth-order valence-electron chi connectivity index (χ4n) is 2.38. The van der Waals surface area contributed by atoms with E-state index in [4.69, 9.17) is 0 Å². The first kappa shape index (κ1) is 13.1. The Morgan fingerprint density at radius 1 is 1.00 bits per heavy atom. The summed E-state index contributed by atoms with van der Waals surface area (Å²) >= 11 is 0. The van der Waals surface area contributed by atoms with Gasteiger partial charge in [-0.15, -0.1) is 0 Å². The Hall–Kier alpha value is -1.30. The molecule has 96 valence electrons. The van der Waals surface area contributed by atoms with Crippen molar-refractivity contribution in [3.05, 3.63) is 46.5 Å². The number of benzene rings is 1. The topological polar surface area (TPSA) is 0 Å². The molecule has 0 radical (unpaired) electrons. The van der Waals surface area contributed by atoms with Crippen molar-refractivity contribution in [1.29, 1.82) is 0 Å². The lowest BCUT2D eigenvalue weighted by Crippen LogP contribution is -1.99. The monoisotopic (exact) mass is 240 g/mol. The van der Waals surface area contributed by atoms with E-state index in [-0.39, 0.29) is 5.41 Å². The summed E-state index contributed by atoms with van der Waals surface area (Å²) in [6.45, 7) is 8.98. The minimum atomic E-state index is 0.163. The molecule has 0 amide bonds. The van der Waals surface area contributed by atoms with Gasteiger partial charge in [-0.25, -0.2) is 0 Å². The predicted molar refractivity (Wildman–Crippen MR) is 81.6 cm³/mol. The summed E-state index contributed by atoms with van der Waals surface area (Å²) in [5.41, 5.74) is 5.83. The normalized spacial score (nSPS) is 16.4. The molecule has 0 unspecified atom stereocenters. The van der Waals surface area contributed by atoms with E-state index in [1.165, 1.54) is 41.5 Å². The largest absolute Gasteiger partial charge is 0.0745 e. The lowest BCUT2D eigenvalue weighted by molar-refractivity contribution is 0.633. The standard InChI is InChI=1S/C18H24/c1-5-6-7-15-13-17-9-11-18(3,4)10-8-16(17)12-14(15)2/h8-13H,5-7H2,1-4H3. The summed E-state index contributed by atoms with van der Waals surface area (Å²) in [5, 5.41) is 0. The minimum absolute atomic E-state index is 0.163. The summed E-state index contributed by atoms with van der Waals surface area (Å²) in [7, 11) is 0. The molecule has 0 aromatic heterocycles. The van der Waals surface area contributed by atoms with Gasteiger partial charge in [0.2, 0.25) is 0 Å². The Labute approximate surface area is 111 Å². The predicted octanol–water partition coefficient (Wildman–Crippen LogP) is 5.40. The van der Waals surface area contributed by atoms with E-state index in [2.05, 4.69) is 64.1 Å². The lowest BCUT2D eigenvalue weighted by Gasteiger charge is -2.12. The highest BCUT2D eigenvalue weighted by molar-refractivity contribution is 5.70. The van der Waals surface area contributed by atoms with Crippen LogP contribution in [0.15, 0.2) is 24.3 Å². The fraction of sp³-hybridized carbons (Fsp3) is 0.444. The Bertz CT molecular complexity index is 487. The van der Waals surface area contributed by atoms with Crippen molar-refractivity contribution >= 4 is 12.2 Å². The van der Waals surface area contributed by atoms with Gasteiger partial charge >= 0.3 is 0 Å². The van der Waals surface area contributed by atoms with Crippen LogP contribution in [0.2, 0.25) is 0 Å². The number of hydrogen-bond donors (Lipinski definition) is 0. The van der Waals surface area contributed by atoms with Crippen LogP contribution in [0.5, 0.6) is 0 Å².